The Morgan fingerprint density at radius 3 is 2.53 bits per heavy atom. The molecule has 1 aromatic heterocycles. The lowest BCUT2D eigenvalue weighted by molar-refractivity contribution is -0.670. The lowest BCUT2D eigenvalue weighted by atomic mass is 10.1. The monoisotopic (exact) mass is 204 g/mol. The number of rotatable bonds is 2. The van der Waals surface area contributed by atoms with Gasteiger partial charge < -0.3 is 9.47 Å². The van der Waals surface area contributed by atoms with Gasteiger partial charge in [-0.1, -0.05) is 0 Å². The number of aryl methyl sites for hydroxylation is 1. The topological polar surface area (TPSA) is 22.3 Å². The maximum absolute atomic E-state index is 5.37. The van der Waals surface area contributed by atoms with E-state index in [0.29, 0.717) is 0 Å². The molecule has 3 nitrogen and oxygen atoms in total. The van der Waals surface area contributed by atoms with Gasteiger partial charge in [0.25, 0.3) is 0 Å². The van der Waals surface area contributed by atoms with Crippen LogP contribution >= 0.6 is 0 Å². The minimum absolute atomic E-state index is 0.760. The third kappa shape index (κ3) is 1.61. The highest BCUT2D eigenvalue weighted by molar-refractivity contribution is 5.89. The minimum Gasteiger partial charge on any atom is -0.493 e. The zero-order chi connectivity index (χ0) is 10.8. The molecule has 78 valence electrons. The minimum atomic E-state index is 0.760. The summed E-state index contributed by atoms with van der Waals surface area (Å²) in [5, 5.41) is 2.20. The highest BCUT2D eigenvalue weighted by Gasteiger charge is 2.10. The highest BCUT2D eigenvalue weighted by atomic mass is 16.5. The summed E-state index contributed by atoms with van der Waals surface area (Å²) in [5.74, 6) is 1.54. The van der Waals surface area contributed by atoms with Crippen LogP contribution < -0.4 is 14.0 Å². The predicted molar refractivity (Wildman–Crippen MR) is 58.2 cm³/mol. The Labute approximate surface area is 88.9 Å². The molecule has 2 aromatic rings. The van der Waals surface area contributed by atoms with E-state index in [-0.39, 0.29) is 0 Å². The second kappa shape index (κ2) is 3.77. The Kier molecular flexibility index (Phi) is 2.46. The summed E-state index contributed by atoms with van der Waals surface area (Å²) in [4.78, 5) is 0. The number of benzene rings is 1. The number of pyridine rings is 1. The first-order valence-corrected chi connectivity index (χ1v) is 4.76. The quantitative estimate of drug-likeness (QED) is 0.694. The smallest absolute Gasteiger partial charge is 0.180 e. The second-order valence-electron chi connectivity index (χ2n) is 3.41. The number of methoxy groups -OCH3 is 2. The van der Waals surface area contributed by atoms with Gasteiger partial charge in [0.2, 0.25) is 0 Å². The number of nitrogens with zero attached hydrogens (tertiary/aromatic N) is 1. The average molecular weight is 204 g/mol. The molecule has 0 fully saturated rings. The summed E-state index contributed by atoms with van der Waals surface area (Å²) in [6.45, 7) is 0. The summed E-state index contributed by atoms with van der Waals surface area (Å²) >= 11 is 0. The van der Waals surface area contributed by atoms with E-state index < -0.39 is 0 Å². The molecule has 0 spiro atoms. The van der Waals surface area contributed by atoms with Crippen molar-refractivity contribution in [3.8, 4) is 11.5 Å². The van der Waals surface area contributed by atoms with E-state index in [0.717, 1.165) is 22.3 Å². The van der Waals surface area contributed by atoms with Crippen molar-refractivity contribution in [3.05, 3.63) is 30.6 Å². The Bertz CT molecular complexity index is 494. The number of fused-ring (bicyclic) bond motifs is 1. The molecule has 0 unspecified atom stereocenters. The maximum atomic E-state index is 5.37. The summed E-state index contributed by atoms with van der Waals surface area (Å²) in [7, 11) is 5.29. The van der Waals surface area contributed by atoms with Crippen molar-refractivity contribution in [2.24, 2.45) is 7.05 Å². The summed E-state index contributed by atoms with van der Waals surface area (Å²) in [5.41, 5.74) is 0. The van der Waals surface area contributed by atoms with Crippen molar-refractivity contribution < 1.29 is 14.0 Å². The SMILES string of the molecule is COc1ccc2cc[n+](C)cc2c1OC. The fourth-order valence-corrected chi connectivity index (χ4v) is 1.69. The Morgan fingerprint density at radius 1 is 1.07 bits per heavy atom. The van der Waals surface area contributed by atoms with Crippen LogP contribution in [0.15, 0.2) is 30.6 Å². The molecule has 0 radical (unpaired) electrons. The van der Waals surface area contributed by atoms with Crippen molar-refractivity contribution in [1.29, 1.82) is 0 Å². The third-order valence-electron chi connectivity index (χ3n) is 2.44. The molecule has 1 aromatic carbocycles. The van der Waals surface area contributed by atoms with Gasteiger partial charge in [0, 0.05) is 6.07 Å². The average Bonchev–Trinajstić information content (AvgIpc) is 2.27. The van der Waals surface area contributed by atoms with Gasteiger partial charge in [0.1, 0.15) is 7.05 Å². The molecule has 0 aliphatic carbocycles. The molecule has 1 heterocycles. The molecular formula is C12H14NO2+. The van der Waals surface area contributed by atoms with Gasteiger partial charge in [-0.05, 0) is 17.5 Å². The van der Waals surface area contributed by atoms with Crippen molar-refractivity contribution in [2.45, 2.75) is 0 Å². The van der Waals surface area contributed by atoms with Gasteiger partial charge in [-0.15, -0.1) is 0 Å². The van der Waals surface area contributed by atoms with Crippen LogP contribution in [0.2, 0.25) is 0 Å². The molecule has 2 rings (SSSR count). The van der Waals surface area contributed by atoms with Gasteiger partial charge in [0.15, 0.2) is 23.9 Å². The largest absolute Gasteiger partial charge is 0.493 e. The summed E-state index contributed by atoms with van der Waals surface area (Å²) in [6, 6.07) is 6.00. The second-order valence-corrected chi connectivity index (χ2v) is 3.41. The molecule has 0 aliphatic heterocycles. The molecule has 3 heteroatoms. The van der Waals surface area contributed by atoms with Crippen LogP contribution in [0.5, 0.6) is 11.5 Å². The number of hydrogen-bond acceptors (Lipinski definition) is 2. The van der Waals surface area contributed by atoms with Crippen LogP contribution in [0.3, 0.4) is 0 Å². The van der Waals surface area contributed by atoms with Crippen LogP contribution in [0, 0.1) is 0 Å². The lowest BCUT2D eigenvalue weighted by Gasteiger charge is -2.09. The van der Waals surface area contributed by atoms with E-state index in [1.165, 1.54) is 0 Å². The first-order chi connectivity index (χ1) is 7.26. The molecule has 0 N–H and O–H groups in total. The van der Waals surface area contributed by atoms with Gasteiger partial charge in [-0.25, -0.2) is 4.57 Å². The van der Waals surface area contributed by atoms with Gasteiger partial charge in [-0.3, -0.25) is 0 Å². The Balaban J connectivity index is 2.79. The molecule has 0 amide bonds. The lowest BCUT2D eigenvalue weighted by Crippen LogP contribution is -2.25. The van der Waals surface area contributed by atoms with E-state index in [2.05, 4.69) is 6.07 Å². The number of aromatic nitrogens is 1. The van der Waals surface area contributed by atoms with Crippen LogP contribution in [0.1, 0.15) is 0 Å². The number of hydrogen-bond donors (Lipinski definition) is 0. The van der Waals surface area contributed by atoms with Crippen molar-refractivity contribution in [2.75, 3.05) is 14.2 Å². The molecule has 0 bridgehead atoms. The zero-order valence-electron chi connectivity index (χ0n) is 9.15. The number of ether oxygens (including phenoxy) is 2. The Hall–Kier alpha value is -1.77. The standard InChI is InChI=1S/C12H14NO2/c1-13-7-6-9-4-5-11(14-2)12(15-3)10(9)8-13/h4-8H,1-3H3/q+1. The van der Waals surface area contributed by atoms with Gasteiger partial charge in [-0.2, -0.15) is 0 Å². The van der Waals surface area contributed by atoms with Gasteiger partial charge in [0.05, 0.1) is 19.6 Å². The van der Waals surface area contributed by atoms with E-state index >= 15 is 0 Å². The van der Waals surface area contributed by atoms with Crippen molar-refractivity contribution in [3.63, 3.8) is 0 Å². The van der Waals surface area contributed by atoms with Crippen LogP contribution in [0.25, 0.3) is 10.8 Å². The fourth-order valence-electron chi connectivity index (χ4n) is 1.69. The first-order valence-electron chi connectivity index (χ1n) is 4.76. The third-order valence-corrected chi connectivity index (χ3v) is 2.44. The molecule has 0 atom stereocenters. The summed E-state index contributed by atoms with van der Waals surface area (Å²) < 4.78 is 12.6. The molecular weight excluding hydrogens is 190 g/mol. The van der Waals surface area contributed by atoms with Crippen LogP contribution in [-0.2, 0) is 7.05 Å². The van der Waals surface area contributed by atoms with Gasteiger partial charge >= 0.3 is 0 Å². The first kappa shape index (κ1) is 9.77. The van der Waals surface area contributed by atoms with E-state index in [9.17, 15) is 0 Å². The van der Waals surface area contributed by atoms with E-state index in [4.69, 9.17) is 9.47 Å². The maximum Gasteiger partial charge on any atom is 0.180 e. The Morgan fingerprint density at radius 2 is 1.87 bits per heavy atom. The van der Waals surface area contributed by atoms with Crippen LogP contribution in [0.4, 0.5) is 0 Å². The summed E-state index contributed by atoms with van der Waals surface area (Å²) in [6.07, 6.45) is 4.03. The molecule has 0 aliphatic rings. The highest BCUT2D eigenvalue weighted by Crippen LogP contribution is 2.34. The van der Waals surface area contributed by atoms with E-state index in [1.54, 1.807) is 14.2 Å². The van der Waals surface area contributed by atoms with Crippen LogP contribution in [-0.4, -0.2) is 14.2 Å². The molecule has 15 heavy (non-hydrogen) atoms. The van der Waals surface area contributed by atoms with E-state index in [1.807, 2.05) is 36.1 Å². The molecule has 0 saturated carbocycles. The fraction of sp³-hybridized carbons (Fsp3) is 0.250. The normalized spacial score (nSPS) is 10.3. The van der Waals surface area contributed by atoms with Crippen molar-refractivity contribution in [1.82, 2.24) is 0 Å². The zero-order valence-corrected chi connectivity index (χ0v) is 9.15. The predicted octanol–water partition coefficient (Wildman–Crippen LogP) is 1.68. The van der Waals surface area contributed by atoms with Crippen molar-refractivity contribution >= 4 is 10.8 Å². The molecule has 0 saturated heterocycles.